The molecule has 1 amide bonds. The second-order valence-electron chi connectivity index (χ2n) is 4.36. The van der Waals surface area contributed by atoms with E-state index in [0.29, 0.717) is 0 Å². The molecule has 1 unspecified atom stereocenters. The second-order valence-corrected chi connectivity index (χ2v) is 4.36. The molecule has 4 heteroatoms. The molecule has 3 N–H and O–H groups in total. The number of para-hydroxylation sites is 1. The fourth-order valence-corrected chi connectivity index (χ4v) is 2.18. The first-order valence-electron chi connectivity index (χ1n) is 6.15. The smallest absolute Gasteiger partial charge is 0.231 e. The van der Waals surface area contributed by atoms with Gasteiger partial charge in [0.1, 0.15) is 11.3 Å². The molecule has 1 aromatic carbocycles. The monoisotopic (exact) mass is 246 g/mol. The zero-order valence-corrected chi connectivity index (χ0v) is 10.7. The Balaban J connectivity index is 2.34. The van der Waals surface area contributed by atoms with E-state index in [1.807, 2.05) is 25.1 Å². The number of carbonyl (C=O) groups is 1. The van der Waals surface area contributed by atoms with Crippen LogP contribution in [0.15, 0.2) is 28.7 Å². The fourth-order valence-electron chi connectivity index (χ4n) is 2.18. The highest BCUT2D eigenvalue weighted by Gasteiger charge is 2.17. The molecule has 18 heavy (non-hydrogen) atoms. The molecule has 0 aliphatic rings. The highest BCUT2D eigenvalue weighted by atomic mass is 16.3. The van der Waals surface area contributed by atoms with Crippen molar-refractivity contribution in [2.45, 2.75) is 26.3 Å². The van der Waals surface area contributed by atoms with Gasteiger partial charge in [0.15, 0.2) is 0 Å². The fraction of sp³-hybridized carbons (Fsp3) is 0.357. The van der Waals surface area contributed by atoms with Gasteiger partial charge in [-0.15, -0.1) is 0 Å². The number of benzene rings is 1. The van der Waals surface area contributed by atoms with Crippen LogP contribution in [0.1, 0.15) is 31.2 Å². The second kappa shape index (κ2) is 5.23. The Hall–Kier alpha value is -1.81. The quantitative estimate of drug-likeness (QED) is 0.849. The standard InChI is InChI=1S/C14H18N2O2/c1-3-10-11-6-4-5-7-12(11)18-14(10)9(2)16-8-13(15)17/h4-7,9,16H,3,8H2,1-2H3,(H2,15,17). The van der Waals surface area contributed by atoms with Gasteiger partial charge < -0.3 is 10.2 Å². The molecule has 0 aliphatic carbocycles. The van der Waals surface area contributed by atoms with Crippen LogP contribution in [0.4, 0.5) is 0 Å². The minimum absolute atomic E-state index is 0.0279. The van der Waals surface area contributed by atoms with E-state index in [9.17, 15) is 4.79 Å². The van der Waals surface area contributed by atoms with Crippen molar-refractivity contribution >= 4 is 16.9 Å². The average molecular weight is 246 g/mol. The minimum Gasteiger partial charge on any atom is -0.459 e. The normalized spacial score (nSPS) is 12.8. The lowest BCUT2D eigenvalue weighted by Gasteiger charge is -2.11. The van der Waals surface area contributed by atoms with E-state index in [4.69, 9.17) is 10.2 Å². The first-order chi connectivity index (χ1) is 8.63. The van der Waals surface area contributed by atoms with Gasteiger partial charge in [0.2, 0.25) is 5.91 Å². The number of aryl methyl sites for hydroxylation is 1. The SMILES string of the molecule is CCc1c(C(C)NCC(N)=O)oc2ccccc12. The first kappa shape index (κ1) is 12.6. The number of carbonyl (C=O) groups excluding carboxylic acids is 1. The number of furan rings is 1. The van der Waals surface area contributed by atoms with Crippen molar-refractivity contribution in [3.63, 3.8) is 0 Å². The molecule has 2 aromatic rings. The van der Waals surface area contributed by atoms with Crippen LogP contribution in [0.3, 0.4) is 0 Å². The molecule has 0 fully saturated rings. The molecular formula is C14H18N2O2. The lowest BCUT2D eigenvalue weighted by Crippen LogP contribution is -2.30. The number of nitrogens with one attached hydrogen (secondary N) is 1. The maximum Gasteiger partial charge on any atom is 0.231 e. The van der Waals surface area contributed by atoms with Crippen molar-refractivity contribution in [3.05, 3.63) is 35.6 Å². The number of hydrogen-bond donors (Lipinski definition) is 2. The highest BCUT2D eigenvalue weighted by Crippen LogP contribution is 2.30. The summed E-state index contributed by atoms with van der Waals surface area (Å²) in [7, 11) is 0. The molecule has 2 rings (SSSR count). The summed E-state index contributed by atoms with van der Waals surface area (Å²) in [4.78, 5) is 10.8. The van der Waals surface area contributed by atoms with Crippen molar-refractivity contribution in [1.82, 2.24) is 5.32 Å². The summed E-state index contributed by atoms with van der Waals surface area (Å²) in [6.45, 7) is 4.22. The summed E-state index contributed by atoms with van der Waals surface area (Å²) in [6, 6.07) is 7.94. The summed E-state index contributed by atoms with van der Waals surface area (Å²) in [5.41, 5.74) is 7.21. The summed E-state index contributed by atoms with van der Waals surface area (Å²) in [6.07, 6.45) is 0.898. The van der Waals surface area contributed by atoms with Crippen molar-refractivity contribution in [1.29, 1.82) is 0 Å². The highest BCUT2D eigenvalue weighted by molar-refractivity contribution is 5.82. The maximum absolute atomic E-state index is 10.8. The molecule has 0 radical (unpaired) electrons. The van der Waals surface area contributed by atoms with Crippen LogP contribution in [-0.4, -0.2) is 12.5 Å². The van der Waals surface area contributed by atoms with Gasteiger partial charge in [-0.05, 0) is 19.4 Å². The maximum atomic E-state index is 10.8. The number of hydrogen-bond acceptors (Lipinski definition) is 3. The predicted molar refractivity (Wildman–Crippen MR) is 71.2 cm³/mol. The molecule has 1 heterocycles. The Morgan fingerprint density at radius 2 is 2.17 bits per heavy atom. The molecule has 96 valence electrons. The molecule has 1 atom stereocenters. The van der Waals surface area contributed by atoms with Crippen LogP contribution >= 0.6 is 0 Å². The number of amides is 1. The van der Waals surface area contributed by atoms with Gasteiger partial charge in [-0.25, -0.2) is 0 Å². The lowest BCUT2D eigenvalue weighted by molar-refractivity contribution is -0.117. The molecule has 0 spiro atoms. The number of primary amides is 1. The van der Waals surface area contributed by atoms with Gasteiger partial charge in [0.05, 0.1) is 12.6 Å². The third-order valence-electron chi connectivity index (χ3n) is 3.06. The van der Waals surface area contributed by atoms with Crippen LogP contribution in [0.25, 0.3) is 11.0 Å². The van der Waals surface area contributed by atoms with Crippen LogP contribution < -0.4 is 11.1 Å². The molecule has 0 aliphatic heterocycles. The summed E-state index contributed by atoms with van der Waals surface area (Å²) < 4.78 is 5.87. The summed E-state index contributed by atoms with van der Waals surface area (Å²) in [5.74, 6) is 0.524. The lowest BCUT2D eigenvalue weighted by atomic mass is 10.1. The largest absolute Gasteiger partial charge is 0.459 e. The van der Waals surface area contributed by atoms with Gasteiger partial charge in [-0.2, -0.15) is 0 Å². The van der Waals surface area contributed by atoms with Crippen molar-refractivity contribution in [2.75, 3.05) is 6.54 Å². The Labute approximate surface area is 106 Å². The van der Waals surface area contributed by atoms with E-state index in [1.165, 1.54) is 5.56 Å². The minimum atomic E-state index is -0.365. The van der Waals surface area contributed by atoms with Crippen LogP contribution in [0.2, 0.25) is 0 Å². The number of nitrogens with two attached hydrogens (primary N) is 1. The van der Waals surface area contributed by atoms with Gasteiger partial charge in [-0.3, -0.25) is 10.1 Å². The van der Waals surface area contributed by atoms with Crippen molar-refractivity contribution in [2.24, 2.45) is 5.73 Å². The van der Waals surface area contributed by atoms with E-state index in [-0.39, 0.29) is 18.5 Å². The van der Waals surface area contributed by atoms with Crippen LogP contribution in [0.5, 0.6) is 0 Å². The van der Waals surface area contributed by atoms with E-state index in [1.54, 1.807) is 0 Å². The van der Waals surface area contributed by atoms with E-state index in [2.05, 4.69) is 18.3 Å². The van der Waals surface area contributed by atoms with E-state index in [0.717, 1.165) is 23.2 Å². The average Bonchev–Trinajstić information content (AvgIpc) is 2.74. The molecule has 0 saturated heterocycles. The van der Waals surface area contributed by atoms with E-state index >= 15 is 0 Å². The van der Waals surface area contributed by atoms with Crippen LogP contribution in [-0.2, 0) is 11.2 Å². The van der Waals surface area contributed by atoms with Gasteiger partial charge in [-0.1, -0.05) is 25.1 Å². The molecule has 1 aromatic heterocycles. The van der Waals surface area contributed by atoms with Gasteiger partial charge >= 0.3 is 0 Å². The summed E-state index contributed by atoms with van der Waals surface area (Å²) >= 11 is 0. The Bertz CT molecular complexity index is 560. The Morgan fingerprint density at radius 3 is 2.83 bits per heavy atom. The van der Waals surface area contributed by atoms with Crippen molar-refractivity contribution in [3.8, 4) is 0 Å². The van der Waals surface area contributed by atoms with E-state index < -0.39 is 0 Å². The Kier molecular flexibility index (Phi) is 3.67. The first-order valence-corrected chi connectivity index (χ1v) is 6.15. The van der Waals surface area contributed by atoms with Crippen molar-refractivity contribution < 1.29 is 9.21 Å². The van der Waals surface area contributed by atoms with Gasteiger partial charge in [0.25, 0.3) is 0 Å². The third kappa shape index (κ3) is 2.38. The zero-order chi connectivity index (χ0) is 13.1. The number of fused-ring (bicyclic) bond motifs is 1. The number of rotatable bonds is 5. The zero-order valence-electron chi connectivity index (χ0n) is 10.7. The molecular weight excluding hydrogens is 228 g/mol. The topological polar surface area (TPSA) is 68.3 Å². The summed E-state index contributed by atoms with van der Waals surface area (Å²) in [5, 5.41) is 4.21. The Morgan fingerprint density at radius 1 is 1.44 bits per heavy atom. The predicted octanol–water partition coefficient (Wildman–Crippen LogP) is 2.13. The van der Waals surface area contributed by atoms with Crippen LogP contribution in [0, 0.1) is 0 Å². The molecule has 0 bridgehead atoms. The molecule has 4 nitrogen and oxygen atoms in total. The van der Waals surface area contributed by atoms with Gasteiger partial charge in [0, 0.05) is 10.9 Å². The third-order valence-corrected chi connectivity index (χ3v) is 3.06. The molecule has 0 saturated carbocycles.